The van der Waals surface area contributed by atoms with E-state index < -0.39 is 5.60 Å². The average molecular weight is 241 g/mol. The van der Waals surface area contributed by atoms with Crippen LogP contribution in [0.5, 0.6) is 0 Å². The topological polar surface area (TPSA) is 49.3 Å². The summed E-state index contributed by atoms with van der Waals surface area (Å²) in [6.07, 6.45) is 6.03. The Hall–Kier alpha value is -0.570. The molecule has 1 amide bonds. The molecule has 1 fully saturated rings. The predicted molar refractivity (Wildman–Crippen MR) is 69.7 cm³/mol. The molecule has 3 heteroatoms. The van der Waals surface area contributed by atoms with Crippen molar-refractivity contribution in [2.75, 3.05) is 6.54 Å². The van der Waals surface area contributed by atoms with E-state index in [1.165, 1.54) is 19.3 Å². The second-order valence-corrected chi connectivity index (χ2v) is 6.21. The smallest absolute Gasteiger partial charge is 0.220 e. The minimum atomic E-state index is -0.764. The van der Waals surface area contributed by atoms with Gasteiger partial charge in [-0.3, -0.25) is 4.79 Å². The minimum absolute atomic E-state index is 0.0968. The summed E-state index contributed by atoms with van der Waals surface area (Å²) in [6.45, 7) is 6.47. The Morgan fingerprint density at radius 1 is 1.47 bits per heavy atom. The van der Waals surface area contributed by atoms with Crippen LogP contribution in [-0.2, 0) is 4.79 Å². The molecule has 0 radical (unpaired) electrons. The van der Waals surface area contributed by atoms with Gasteiger partial charge in [-0.1, -0.05) is 20.3 Å². The van der Waals surface area contributed by atoms with Crippen molar-refractivity contribution in [3.8, 4) is 0 Å². The number of rotatable bonds is 7. The number of hydrogen-bond acceptors (Lipinski definition) is 2. The zero-order valence-electron chi connectivity index (χ0n) is 11.5. The molecule has 1 aliphatic rings. The third-order valence-corrected chi connectivity index (χ3v) is 3.63. The zero-order valence-corrected chi connectivity index (χ0v) is 11.5. The molecule has 0 aromatic carbocycles. The fourth-order valence-corrected chi connectivity index (χ4v) is 2.01. The number of nitrogens with one attached hydrogen (secondary N) is 1. The highest BCUT2D eigenvalue weighted by atomic mass is 16.3. The van der Waals surface area contributed by atoms with Crippen LogP contribution < -0.4 is 5.32 Å². The fraction of sp³-hybridized carbons (Fsp3) is 0.929. The summed E-state index contributed by atoms with van der Waals surface area (Å²) in [5.74, 6) is 1.28. The first-order valence-electron chi connectivity index (χ1n) is 6.88. The van der Waals surface area contributed by atoms with Gasteiger partial charge in [0.05, 0.1) is 5.60 Å². The molecule has 0 saturated heterocycles. The van der Waals surface area contributed by atoms with Crippen LogP contribution in [-0.4, -0.2) is 23.2 Å². The van der Waals surface area contributed by atoms with Gasteiger partial charge < -0.3 is 10.4 Å². The van der Waals surface area contributed by atoms with E-state index in [9.17, 15) is 9.90 Å². The van der Waals surface area contributed by atoms with Gasteiger partial charge in [0.25, 0.3) is 0 Å². The summed E-state index contributed by atoms with van der Waals surface area (Å²) in [6, 6.07) is 0. The highest BCUT2D eigenvalue weighted by molar-refractivity contribution is 5.76. The Morgan fingerprint density at radius 2 is 2.12 bits per heavy atom. The van der Waals surface area contributed by atoms with E-state index >= 15 is 0 Å². The fourth-order valence-electron chi connectivity index (χ4n) is 2.01. The van der Waals surface area contributed by atoms with Crippen molar-refractivity contribution >= 4 is 5.91 Å². The van der Waals surface area contributed by atoms with Crippen LogP contribution >= 0.6 is 0 Å². The Morgan fingerprint density at radius 3 is 2.59 bits per heavy atom. The van der Waals surface area contributed by atoms with Crippen molar-refractivity contribution in [2.24, 2.45) is 11.8 Å². The second-order valence-electron chi connectivity index (χ2n) is 6.21. The summed E-state index contributed by atoms with van der Waals surface area (Å²) in [5, 5.41) is 13.0. The molecule has 0 heterocycles. The van der Waals surface area contributed by atoms with Crippen molar-refractivity contribution in [1.29, 1.82) is 0 Å². The highest BCUT2D eigenvalue weighted by Crippen LogP contribution is 2.29. The van der Waals surface area contributed by atoms with Crippen molar-refractivity contribution in [1.82, 2.24) is 5.32 Å². The number of carbonyl (C=O) groups excluding carboxylic acids is 1. The van der Waals surface area contributed by atoms with Gasteiger partial charge in [0.2, 0.25) is 5.91 Å². The summed E-state index contributed by atoms with van der Waals surface area (Å²) >= 11 is 0. The van der Waals surface area contributed by atoms with E-state index in [0.29, 0.717) is 24.8 Å². The van der Waals surface area contributed by atoms with Crippen molar-refractivity contribution < 1.29 is 9.90 Å². The van der Waals surface area contributed by atoms with Crippen molar-refractivity contribution in [3.63, 3.8) is 0 Å². The van der Waals surface area contributed by atoms with Gasteiger partial charge in [-0.2, -0.15) is 0 Å². The SMILES string of the molecule is CC(C)CCC(C)(O)CNC(=O)CC1CCC1. The van der Waals surface area contributed by atoms with Crippen LogP contribution in [0, 0.1) is 11.8 Å². The maximum atomic E-state index is 11.6. The molecule has 100 valence electrons. The first kappa shape index (κ1) is 14.5. The Bertz CT molecular complexity index is 245. The van der Waals surface area contributed by atoms with E-state index in [4.69, 9.17) is 0 Å². The van der Waals surface area contributed by atoms with Crippen LogP contribution in [0.15, 0.2) is 0 Å². The average Bonchev–Trinajstić information content (AvgIpc) is 2.18. The highest BCUT2D eigenvalue weighted by Gasteiger charge is 2.24. The second kappa shape index (κ2) is 6.39. The molecule has 1 atom stereocenters. The van der Waals surface area contributed by atoms with Gasteiger partial charge in [0, 0.05) is 13.0 Å². The molecule has 0 spiro atoms. The normalized spacial score (nSPS) is 19.8. The Balaban J connectivity index is 2.15. The lowest BCUT2D eigenvalue weighted by Crippen LogP contribution is -2.41. The summed E-state index contributed by atoms with van der Waals surface area (Å²) in [4.78, 5) is 11.6. The lowest BCUT2D eigenvalue weighted by molar-refractivity contribution is -0.123. The standard InChI is InChI=1S/C14H27NO2/c1-11(2)7-8-14(3,17)10-15-13(16)9-12-5-4-6-12/h11-12,17H,4-10H2,1-3H3,(H,15,16). The van der Waals surface area contributed by atoms with Crippen LogP contribution in [0.3, 0.4) is 0 Å². The van der Waals surface area contributed by atoms with Crippen molar-refractivity contribution in [2.45, 2.75) is 64.9 Å². The van der Waals surface area contributed by atoms with Gasteiger partial charge >= 0.3 is 0 Å². The first-order chi connectivity index (χ1) is 7.89. The zero-order chi connectivity index (χ0) is 12.9. The molecule has 17 heavy (non-hydrogen) atoms. The number of amides is 1. The first-order valence-corrected chi connectivity index (χ1v) is 6.88. The lowest BCUT2D eigenvalue weighted by Gasteiger charge is -2.27. The van der Waals surface area contributed by atoms with Crippen molar-refractivity contribution in [3.05, 3.63) is 0 Å². The van der Waals surface area contributed by atoms with E-state index in [1.54, 1.807) is 6.92 Å². The third-order valence-electron chi connectivity index (χ3n) is 3.63. The van der Waals surface area contributed by atoms with Gasteiger partial charge in [-0.05, 0) is 44.4 Å². The molecule has 0 aromatic rings. The predicted octanol–water partition coefficient (Wildman–Crippen LogP) is 2.48. The molecule has 2 N–H and O–H groups in total. The molecule has 1 unspecified atom stereocenters. The monoisotopic (exact) mass is 241 g/mol. The maximum Gasteiger partial charge on any atom is 0.220 e. The number of carbonyl (C=O) groups is 1. The summed E-state index contributed by atoms with van der Waals surface area (Å²) < 4.78 is 0. The molecule has 1 saturated carbocycles. The molecule has 3 nitrogen and oxygen atoms in total. The Kier molecular flexibility index (Phi) is 5.44. The number of hydrogen-bond donors (Lipinski definition) is 2. The van der Waals surface area contributed by atoms with Gasteiger partial charge in [-0.25, -0.2) is 0 Å². The van der Waals surface area contributed by atoms with E-state index in [-0.39, 0.29) is 5.91 Å². The molecule has 0 aliphatic heterocycles. The molecular weight excluding hydrogens is 214 g/mol. The van der Waals surface area contributed by atoms with Gasteiger partial charge in [0.1, 0.15) is 0 Å². The molecule has 1 rings (SSSR count). The minimum Gasteiger partial charge on any atom is -0.388 e. The Labute approximate surface area is 105 Å². The molecule has 1 aliphatic carbocycles. The largest absolute Gasteiger partial charge is 0.388 e. The van der Waals surface area contributed by atoms with Crippen LogP contribution in [0.25, 0.3) is 0 Å². The molecule has 0 aromatic heterocycles. The summed E-state index contributed by atoms with van der Waals surface area (Å²) in [5.41, 5.74) is -0.764. The summed E-state index contributed by atoms with van der Waals surface area (Å²) in [7, 11) is 0. The lowest BCUT2D eigenvalue weighted by atomic mass is 9.83. The van der Waals surface area contributed by atoms with E-state index in [2.05, 4.69) is 19.2 Å². The third kappa shape index (κ3) is 6.06. The van der Waals surface area contributed by atoms with Gasteiger partial charge in [-0.15, -0.1) is 0 Å². The van der Waals surface area contributed by atoms with Crippen LogP contribution in [0.2, 0.25) is 0 Å². The van der Waals surface area contributed by atoms with E-state index in [1.807, 2.05) is 0 Å². The van der Waals surface area contributed by atoms with Crippen LogP contribution in [0.1, 0.15) is 59.3 Å². The van der Waals surface area contributed by atoms with Crippen LogP contribution in [0.4, 0.5) is 0 Å². The molecular formula is C14H27NO2. The maximum absolute atomic E-state index is 11.6. The number of aliphatic hydroxyl groups is 1. The van der Waals surface area contributed by atoms with E-state index in [0.717, 1.165) is 12.8 Å². The van der Waals surface area contributed by atoms with Gasteiger partial charge in [0.15, 0.2) is 0 Å². The quantitative estimate of drug-likeness (QED) is 0.719. The molecule has 0 bridgehead atoms.